The number of methoxy groups -OCH3 is 1. The number of amides is 1. The highest BCUT2D eigenvalue weighted by molar-refractivity contribution is 5.97. The molecule has 1 amide bonds. The molecular formula is C27H30FN5O2. The quantitative estimate of drug-likeness (QED) is 0.375. The number of benzene rings is 2. The van der Waals surface area contributed by atoms with E-state index in [1.165, 1.54) is 12.1 Å². The summed E-state index contributed by atoms with van der Waals surface area (Å²) in [7, 11) is 3.59. The van der Waals surface area contributed by atoms with Gasteiger partial charge in [0.05, 0.1) is 12.8 Å². The van der Waals surface area contributed by atoms with E-state index in [4.69, 9.17) is 4.74 Å². The first kappa shape index (κ1) is 24.3. The molecule has 0 aliphatic carbocycles. The van der Waals surface area contributed by atoms with Crippen LogP contribution >= 0.6 is 0 Å². The predicted molar refractivity (Wildman–Crippen MR) is 136 cm³/mol. The molecule has 0 aliphatic heterocycles. The second-order valence-electron chi connectivity index (χ2n) is 8.40. The van der Waals surface area contributed by atoms with Gasteiger partial charge in [-0.1, -0.05) is 19.1 Å². The molecule has 2 aromatic carbocycles. The molecule has 0 saturated carbocycles. The lowest BCUT2D eigenvalue weighted by molar-refractivity contribution is 0.0751. The van der Waals surface area contributed by atoms with E-state index in [1.54, 1.807) is 19.4 Å². The Morgan fingerprint density at radius 3 is 2.63 bits per heavy atom. The number of ether oxygens (including phenoxy) is 1. The van der Waals surface area contributed by atoms with E-state index in [1.807, 2.05) is 49.2 Å². The maximum absolute atomic E-state index is 14.0. The van der Waals surface area contributed by atoms with Crippen molar-refractivity contribution in [1.29, 1.82) is 0 Å². The van der Waals surface area contributed by atoms with Crippen LogP contribution in [0.2, 0.25) is 0 Å². The number of nitrogens with one attached hydrogen (secondary N) is 1. The van der Waals surface area contributed by atoms with Crippen LogP contribution < -0.4 is 4.74 Å². The molecule has 0 radical (unpaired) electrons. The van der Waals surface area contributed by atoms with Gasteiger partial charge in [0.2, 0.25) is 0 Å². The van der Waals surface area contributed by atoms with Crippen molar-refractivity contribution in [2.45, 2.75) is 13.8 Å². The Labute approximate surface area is 204 Å². The molecule has 0 saturated heterocycles. The minimum Gasteiger partial charge on any atom is -0.496 e. The summed E-state index contributed by atoms with van der Waals surface area (Å²) >= 11 is 0. The number of rotatable bonds is 9. The van der Waals surface area contributed by atoms with Gasteiger partial charge in [-0.15, -0.1) is 0 Å². The standard InChI is InChI=1S/C27H30FN5O2/c1-5-32(3)12-13-33(6-2)27(34)19-9-7-8-18(14-19)20-15-23-25(30-31-26(23)29-17-20)22-16-21(28)10-11-24(22)35-4/h7-11,14-17H,5-6,12-13H2,1-4H3,(H,29,30,31). The van der Waals surface area contributed by atoms with Crippen LogP contribution in [0.5, 0.6) is 5.75 Å². The zero-order chi connectivity index (χ0) is 24.9. The number of halogens is 1. The van der Waals surface area contributed by atoms with Gasteiger partial charge >= 0.3 is 0 Å². The highest BCUT2D eigenvalue weighted by Crippen LogP contribution is 2.35. The summed E-state index contributed by atoms with van der Waals surface area (Å²) < 4.78 is 19.4. The Hall–Kier alpha value is -3.78. The van der Waals surface area contributed by atoms with Crippen LogP contribution in [0.15, 0.2) is 54.7 Å². The third-order valence-corrected chi connectivity index (χ3v) is 6.24. The van der Waals surface area contributed by atoms with Gasteiger partial charge in [0, 0.05) is 47.9 Å². The van der Waals surface area contributed by atoms with Crippen molar-refractivity contribution in [3.8, 4) is 28.1 Å². The summed E-state index contributed by atoms with van der Waals surface area (Å²) in [5.74, 6) is 0.161. The van der Waals surface area contributed by atoms with Gasteiger partial charge in [0.15, 0.2) is 5.65 Å². The van der Waals surface area contributed by atoms with Crippen LogP contribution in [0.3, 0.4) is 0 Å². The SMILES string of the molecule is CCN(C)CCN(CC)C(=O)c1cccc(-c2cnc3n[nH]c(-c4cc(F)ccc4OC)c3c2)c1. The molecule has 1 N–H and O–H groups in total. The molecule has 7 nitrogen and oxygen atoms in total. The van der Waals surface area contributed by atoms with E-state index in [-0.39, 0.29) is 11.7 Å². The Morgan fingerprint density at radius 1 is 1.06 bits per heavy atom. The van der Waals surface area contributed by atoms with Crippen molar-refractivity contribution in [2.75, 3.05) is 40.3 Å². The van der Waals surface area contributed by atoms with E-state index >= 15 is 0 Å². The number of H-pyrrole nitrogens is 1. The molecule has 182 valence electrons. The number of fused-ring (bicyclic) bond motifs is 1. The molecule has 0 spiro atoms. The highest BCUT2D eigenvalue weighted by Gasteiger charge is 2.17. The number of carbonyl (C=O) groups excluding carboxylic acids is 1. The van der Waals surface area contributed by atoms with Crippen molar-refractivity contribution in [2.24, 2.45) is 0 Å². The molecule has 35 heavy (non-hydrogen) atoms. The van der Waals surface area contributed by atoms with Gasteiger partial charge in [-0.25, -0.2) is 9.37 Å². The first-order chi connectivity index (χ1) is 16.9. The number of hydrogen-bond donors (Lipinski definition) is 1. The minimum absolute atomic E-state index is 0.00128. The van der Waals surface area contributed by atoms with Crippen molar-refractivity contribution in [1.82, 2.24) is 25.0 Å². The molecule has 4 aromatic rings. The molecular weight excluding hydrogens is 445 g/mol. The second kappa shape index (κ2) is 10.7. The zero-order valence-electron chi connectivity index (χ0n) is 20.5. The van der Waals surface area contributed by atoms with Crippen LogP contribution in [-0.4, -0.2) is 71.2 Å². The van der Waals surface area contributed by atoms with Gasteiger partial charge in [0.25, 0.3) is 5.91 Å². The monoisotopic (exact) mass is 475 g/mol. The van der Waals surface area contributed by atoms with Crippen LogP contribution in [0, 0.1) is 5.82 Å². The fourth-order valence-electron chi connectivity index (χ4n) is 4.01. The number of nitrogens with zero attached hydrogens (tertiary/aromatic N) is 4. The van der Waals surface area contributed by atoms with E-state index in [9.17, 15) is 9.18 Å². The molecule has 8 heteroatoms. The third-order valence-electron chi connectivity index (χ3n) is 6.24. The molecule has 4 rings (SSSR count). The number of aromatic amines is 1. The number of aromatic nitrogens is 3. The van der Waals surface area contributed by atoms with Gasteiger partial charge in [-0.05, 0) is 62.5 Å². The number of likely N-dealkylation sites (N-methyl/N-ethyl adjacent to an activating group) is 2. The average molecular weight is 476 g/mol. The van der Waals surface area contributed by atoms with Crippen molar-refractivity contribution in [3.05, 3.63) is 66.1 Å². The van der Waals surface area contributed by atoms with Crippen LogP contribution in [0.4, 0.5) is 4.39 Å². The highest BCUT2D eigenvalue weighted by atomic mass is 19.1. The second-order valence-corrected chi connectivity index (χ2v) is 8.40. The van der Waals surface area contributed by atoms with Crippen molar-refractivity contribution < 1.29 is 13.9 Å². The Morgan fingerprint density at radius 2 is 1.89 bits per heavy atom. The molecule has 0 aliphatic rings. The van der Waals surface area contributed by atoms with Crippen molar-refractivity contribution >= 4 is 16.9 Å². The molecule has 0 atom stereocenters. The summed E-state index contributed by atoms with van der Waals surface area (Å²) in [4.78, 5) is 21.7. The third kappa shape index (κ3) is 5.17. The lowest BCUT2D eigenvalue weighted by atomic mass is 10.0. The van der Waals surface area contributed by atoms with Gasteiger partial charge < -0.3 is 14.5 Å². The summed E-state index contributed by atoms with van der Waals surface area (Å²) in [6.45, 7) is 7.17. The first-order valence-corrected chi connectivity index (χ1v) is 11.7. The topological polar surface area (TPSA) is 74.4 Å². The van der Waals surface area contributed by atoms with Gasteiger partial charge in [-0.2, -0.15) is 5.10 Å². The van der Waals surface area contributed by atoms with Gasteiger partial charge in [-0.3, -0.25) is 9.89 Å². The van der Waals surface area contributed by atoms with Crippen LogP contribution in [0.25, 0.3) is 33.4 Å². The maximum Gasteiger partial charge on any atom is 0.253 e. The van der Waals surface area contributed by atoms with Gasteiger partial charge in [0.1, 0.15) is 11.6 Å². The maximum atomic E-state index is 14.0. The van der Waals surface area contributed by atoms with Crippen LogP contribution in [0.1, 0.15) is 24.2 Å². The molecule has 0 bridgehead atoms. The Balaban J connectivity index is 1.68. The van der Waals surface area contributed by atoms with E-state index < -0.39 is 0 Å². The normalized spacial score (nSPS) is 11.3. The zero-order valence-corrected chi connectivity index (χ0v) is 20.5. The summed E-state index contributed by atoms with van der Waals surface area (Å²) in [5.41, 5.74) is 4.02. The fraction of sp³-hybridized carbons (Fsp3) is 0.296. The number of carbonyl (C=O) groups is 1. The first-order valence-electron chi connectivity index (χ1n) is 11.7. The average Bonchev–Trinajstić information content (AvgIpc) is 3.32. The smallest absolute Gasteiger partial charge is 0.253 e. The molecule has 0 fully saturated rings. The minimum atomic E-state index is -0.371. The predicted octanol–water partition coefficient (Wildman–Crippen LogP) is 4.85. The largest absolute Gasteiger partial charge is 0.496 e. The van der Waals surface area contributed by atoms with E-state index in [0.29, 0.717) is 41.3 Å². The lowest BCUT2D eigenvalue weighted by Gasteiger charge is -2.24. The van der Waals surface area contributed by atoms with Crippen molar-refractivity contribution in [3.63, 3.8) is 0 Å². The van der Waals surface area contributed by atoms with Crippen LogP contribution in [-0.2, 0) is 0 Å². The molecule has 2 heterocycles. The number of hydrogen-bond acceptors (Lipinski definition) is 5. The summed E-state index contributed by atoms with van der Waals surface area (Å²) in [6.07, 6.45) is 1.73. The molecule has 0 unspecified atom stereocenters. The Kier molecular flexibility index (Phi) is 7.41. The Bertz CT molecular complexity index is 1340. The lowest BCUT2D eigenvalue weighted by Crippen LogP contribution is -2.37. The van der Waals surface area contributed by atoms with E-state index in [0.717, 1.165) is 29.6 Å². The summed E-state index contributed by atoms with van der Waals surface area (Å²) in [6, 6.07) is 13.9. The van der Waals surface area contributed by atoms with E-state index in [2.05, 4.69) is 27.0 Å². The number of pyridine rings is 1. The molecule has 2 aromatic heterocycles. The summed E-state index contributed by atoms with van der Waals surface area (Å²) in [5, 5.41) is 7.98. The fourth-order valence-corrected chi connectivity index (χ4v) is 4.01.